The van der Waals surface area contributed by atoms with E-state index in [0.717, 1.165) is 27.8 Å². The van der Waals surface area contributed by atoms with Gasteiger partial charge in [0.1, 0.15) is 5.69 Å². The number of hydrogen-bond acceptors (Lipinski definition) is 5. The lowest BCUT2D eigenvalue weighted by Crippen LogP contribution is -2.33. The van der Waals surface area contributed by atoms with Gasteiger partial charge in [-0.2, -0.15) is 10.2 Å². The first-order chi connectivity index (χ1) is 15.6. The summed E-state index contributed by atoms with van der Waals surface area (Å²) in [6.45, 7) is 0.883. The normalized spacial score (nSPS) is 18.8. The molecular formula is C25H26N4O3. The van der Waals surface area contributed by atoms with Crippen LogP contribution in [0.2, 0.25) is 0 Å². The summed E-state index contributed by atoms with van der Waals surface area (Å²) in [5.74, 6) is -0.0724. The number of carbonyl (C=O) groups excluding carboxylic acids is 1. The highest BCUT2D eigenvalue weighted by Crippen LogP contribution is 2.26. The Kier molecular flexibility index (Phi) is 5.59. The van der Waals surface area contributed by atoms with E-state index in [2.05, 4.69) is 34.5 Å². The van der Waals surface area contributed by atoms with Gasteiger partial charge in [-0.25, -0.2) is 4.52 Å². The number of ether oxygens (including phenoxy) is 1. The van der Waals surface area contributed by atoms with E-state index in [-0.39, 0.29) is 11.7 Å². The Hall–Kier alpha value is -3.29. The van der Waals surface area contributed by atoms with Crippen molar-refractivity contribution in [3.63, 3.8) is 0 Å². The molecule has 7 heteroatoms. The molecule has 2 atom stereocenters. The molecule has 1 fully saturated rings. The molecule has 1 saturated heterocycles. The predicted molar refractivity (Wildman–Crippen MR) is 121 cm³/mol. The van der Waals surface area contributed by atoms with Gasteiger partial charge in [0.15, 0.2) is 5.78 Å². The van der Waals surface area contributed by atoms with Crippen LogP contribution >= 0.6 is 0 Å². The van der Waals surface area contributed by atoms with Crippen LogP contribution in [0.15, 0.2) is 61.1 Å². The smallest absolute Gasteiger partial charge is 0.181 e. The number of fused-ring (bicyclic) bond motifs is 1. The van der Waals surface area contributed by atoms with Gasteiger partial charge >= 0.3 is 0 Å². The highest BCUT2D eigenvalue weighted by Gasteiger charge is 2.28. The van der Waals surface area contributed by atoms with Crippen LogP contribution in [0.5, 0.6) is 0 Å². The average Bonchev–Trinajstić information content (AvgIpc) is 3.40. The van der Waals surface area contributed by atoms with E-state index in [0.29, 0.717) is 38.2 Å². The molecule has 5 rings (SSSR count). The Morgan fingerprint density at radius 1 is 1.19 bits per heavy atom. The third kappa shape index (κ3) is 4.09. The number of rotatable bonds is 6. The molecule has 7 nitrogen and oxygen atoms in total. The zero-order chi connectivity index (χ0) is 22.1. The van der Waals surface area contributed by atoms with E-state index in [1.54, 1.807) is 15.4 Å². The van der Waals surface area contributed by atoms with Crippen molar-refractivity contribution in [1.29, 1.82) is 0 Å². The topological polar surface area (TPSA) is 81.7 Å². The first-order valence-corrected chi connectivity index (χ1v) is 10.9. The molecule has 0 spiro atoms. The highest BCUT2D eigenvalue weighted by molar-refractivity contribution is 5.96. The number of carbonyl (C=O) groups is 1. The van der Waals surface area contributed by atoms with Gasteiger partial charge < -0.3 is 9.84 Å². The van der Waals surface area contributed by atoms with Gasteiger partial charge in [-0.3, -0.25) is 9.48 Å². The molecule has 0 aliphatic carbocycles. The zero-order valence-electron chi connectivity index (χ0n) is 18.0. The number of aryl methyl sites for hydroxylation is 1. The van der Waals surface area contributed by atoms with Gasteiger partial charge in [0.2, 0.25) is 0 Å². The monoisotopic (exact) mass is 430 g/mol. The van der Waals surface area contributed by atoms with E-state index < -0.39 is 6.10 Å². The Bertz CT molecular complexity index is 1240. The molecule has 0 amide bonds. The largest absolute Gasteiger partial charge is 0.390 e. The fourth-order valence-electron chi connectivity index (χ4n) is 4.40. The van der Waals surface area contributed by atoms with Gasteiger partial charge in [0.05, 0.1) is 24.4 Å². The molecule has 4 aromatic rings. The predicted octanol–water partition coefficient (Wildman–Crippen LogP) is 3.30. The van der Waals surface area contributed by atoms with Crippen LogP contribution in [0.4, 0.5) is 0 Å². The van der Waals surface area contributed by atoms with Crippen molar-refractivity contribution in [2.24, 2.45) is 13.0 Å². The summed E-state index contributed by atoms with van der Waals surface area (Å²) in [7, 11) is 1.91. The number of aliphatic hydroxyl groups excluding tert-OH is 1. The third-order valence-corrected chi connectivity index (χ3v) is 6.20. The molecule has 0 radical (unpaired) electrons. The minimum absolute atomic E-state index is 0.00262. The molecule has 1 aliphatic heterocycles. The summed E-state index contributed by atoms with van der Waals surface area (Å²) in [6, 6.07) is 14.3. The van der Waals surface area contributed by atoms with E-state index >= 15 is 0 Å². The van der Waals surface area contributed by atoms with E-state index in [4.69, 9.17) is 4.74 Å². The lowest BCUT2D eigenvalue weighted by molar-refractivity contribution is -0.0438. The number of aliphatic hydroxyl groups is 1. The summed E-state index contributed by atoms with van der Waals surface area (Å²) in [6.07, 6.45) is 6.65. The quantitative estimate of drug-likeness (QED) is 0.475. The number of hydrogen-bond donors (Lipinski definition) is 1. The molecule has 4 heterocycles. The van der Waals surface area contributed by atoms with Gasteiger partial charge in [-0.15, -0.1) is 0 Å². The Morgan fingerprint density at radius 3 is 2.78 bits per heavy atom. The van der Waals surface area contributed by atoms with Gasteiger partial charge in [-0.05, 0) is 53.6 Å². The minimum atomic E-state index is -0.593. The maximum atomic E-state index is 13.1. The molecule has 164 valence electrons. The number of aromatic nitrogens is 4. The third-order valence-electron chi connectivity index (χ3n) is 6.20. The first kappa shape index (κ1) is 20.6. The number of Topliss-reactive ketones (excluding diaryl/α,β-unsaturated/α-hetero) is 1. The molecule has 32 heavy (non-hydrogen) atoms. The molecular weight excluding hydrogens is 404 g/mol. The summed E-state index contributed by atoms with van der Waals surface area (Å²) in [4.78, 5) is 13.1. The summed E-state index contributed by atoms with van der Waals surface area (Å²) in [5.41, 5.74) is 5.92. The Balaban J connectivity index is 1.39. The van der Waals surface area contributed by atoms with E-state index in [1.165, 1.54) is 0 Å². The van der Waals surface area contributed by atoms with Crippen molar-refractivity contribution in [3.8, 4) is 11.1 Å². The van der Waals surface area contributed by atoms with Gasteiger partial charge in [0, 0.05) is 38.0 Å². The maximum absolute atomic E-state index is 13.1. The molecule has 2 unspecified atom stereocenters. The lowest BCUT2D eigenvalue weighted by atomic mass is 9.91. The van der Waals surface area contributed by atoms with E-state index in [9.17, 15) is 9.90 Å². The fourth-order valence-corrected chi connectivity index (χ4v) is 4.40. The van der Waals surface area contributed by atoms with Crippen molar-refractivity contribution >= 4 is 11.3 Å². The molecule has 3 aromatic heterocycles. The molecule has 1 aromatic carbocycles. The summed E-state index contributed by atoms with van der Waals surface area (Å²) in [5, 5.41) is 18.8. The first-order valence-electron chi connectivity index (χ1n) is 10.9. The Labute approximate surface area is 186 Å². The Morgan fingerprint density at radius 2 is 2.03 bits per heavy atom. The van der Waals surface area contributed by atoms with Crippen LogP contribution in [0.25, 0.3) is 16.6 Å². The number of nitrogens with zero attached hydrogens (tertiary/aromatic N) is 4. The lowest BCUT2D eigenvalue weighted by Gasteiger charge is -2.26. The second-order valence-electron chi connectivity index (χ2n) is 8.47. The van der Waals surface area contributed by atoms with Crippen molar-refractivity contribution in [3.05, 3.63) is 77.9 Å². The highest BCUT2D eigenvalue weighted by atomic mass is 16.5. The average molecular weight is 431 g/mol. The maximum Gasteiger partial charge on any atom is 0.181 e. The zero-order valence-corrected chi connectivity index (χ0v) is 18.0. The van der Waals surface area contributed by atoms with Crippen molar-refractivity contribution in [1.82, 2.24) is 19.4 Å². The minimum Gasteiger partial charge on any atom is -0.390 e. The van der Waals surface area contributed by atoms with Crippen LogP contribution in [-0.2, 0) is 18.2 Å². The number of benzene rings is 1. The molecule has 0 saturated carbocycles. The van der Waals surface area contributed by atoms with E-state index in [1.807, 2.05) is 37.6 Å². The van der Waals surface area contributed by atoms with Gasteiger partial charge in [-0.1, -0.05) is 24.3 Å². The van der Waals surface area contributed by atoms with Gasteiger partial charge in [0.25, 0.3) is 0 Å². The van der Waals surface area contributed by atoms with Crippen LogP contribution in [-0.4, -0.2) is 49.6 Å². The van der Waals surface area contributed by atoms with Crippen molar-refractivity contribution < 1.29 is 14.6 Å². The number of ketones is 1. The second-order valence-corrected chi connectivity index (χ2v) is 8.47. The standard InChI is InChI=1S/C25H26N4O3/c1-28-15-21(14-27-28)18-6-4-17(5-7-18)11-20-12-23(29-22(20)3-2-9-26-29)24(30)13-19-8-10-32-16-25(19)31/h2-7,9,12,14-15,19,25,31H,8,10-11,13,16H2,1H3. The molecule has 0 bridgehead atoms. The van der Waals surface area contributed by atoms with Crippen LogP contribution in [0.1, 0.15) is 34.5 Å². The molecule has 1 aliphatic rings. The SMILES string of the molecule is Cn1cc(-c2ccc(Cc3cc(C(=O)CC4CCOCC4O)n4ncccc34)cc2)cn1. The fraction of sp³-hybridized carbons (Fsp3) is 0.320. The van der Waals surface area contributed by atoms with Crippen LogP contribution in [0.3, 0.4) is 0 Å². The molecule has 1 N–H and O–H groups in total. The van der Waals surface area contributed by atoms with Crippen LogP contribution < -0.4 is 0 Å². The van der Waals surface area contributed by atoms with Crippen molar-refractivity contribution in [2.45, 2.75) is 25.4 Å². The summed E-state index contributed by atoms with van der Waals surface area (Å²) >= 11 is 0. The van der Waals surface area contributed by atoms with Crippen LogP contribution in [0, 0.1) is 5.92 Å². The second kappa shape index (κ2) is 8.68. The van der Waals surface area contributed by atoms with Crippen molar-refractivity contribution in [2.75, 3.05) is 13.2 Å². The summed E-state index contributed by atoms with van der Waals surface area (Å²) < 4.78 is 8.82.